The Balaban J connectivity index is 2.25. The first-order valence-corrected chi connectivity index (χ1v) is 5.91. The van der Waals surface area contributed by atoms with Gasteiger partial charge in [0.05, 0.1) is 0 Å². The van der Waals surface area contributed by atoms with Crippen molar-refractivity contribution in [3.63, 3.8) is 0 Å². The van der Waals surface area contributed by atoms with Crippen LogP contribution in [0, 0.1) is 5.92 Å². The van der Waals surface area contributed by atoms with Crippen molar-refractivity contribution >= 4 is 11.8 Å². The molecule has 0 aromatic heterocycles. The highest BCUT2D eigenvalue weighted by molar-refractivity contribution is 5.80. The molecule has 1 aliphatic heterocycles. The summed E-state index contributed by atoms with van der Waals surface area (Å²) in [5.41, 5.74) is 0. The first kappa shape index (κ1) is 13.0. The van der Waals surface area contributed by atoms with E-state index >= 15 is 0 Å². The van der Waals surface area contributed by atoms with E-state index in [9.17, 15) is 9.59 Å². The van der Waals surface area contributed by atoms with Gasteiger partial charge in [-0.15, -0.1) is 0 Å². The molecule has 0 spiro atoms. The zero-order valence-electron chi connectivity index (χ0n) is 10.0. The van der Waals surface area contributed by atoms with E-state index in [2.05, 4.69) is 16.0 Å². The first-order valence-electron chi connectivity index (χ1n) is 5.91. The Morgan fingerprint density at radius 2 is 2.38 bits per heavy atom. The second-order valence-corrected chi connectivity index (χ2v) is 4.26. The lowest BCUT2D eigenvalue weighted by Crippen LogP contribution is -2.49. The predicted octanol–water partition coefficient (Wildman–Crippen LogP) is -0.373. The molecule has 0 radical (unpaired) electrons. The fourth-order valence-corrected chi connectivity index (χ4v) is 1.65. The van der Waals surface area contributed by atoms with Crippen molar-refractivity contribution in [3.05, 3.63) is 0 Å². The zero-order valence-corrected chi connectivity index (χ0v) is 10.0. The van der Waals surface area contributed by atoms with Gasteiger partial charge in [0.25, 0.3) is 0 Å². The van der Waals surface area contributed by atoms with Gasteiger partial charge in [0, 0.05) is 31.5 Å². The maximum atomic E-state index is 11.7. The Hall–Kier alpha value is -1.10. The normalized spacial score (nSPS) is 22.4. The van der Waals surface area contributed by atoms with Crippen LogP contribution >= 0.6 is 0 Å². The van der Waals surface area contributed by atoms with Crippen LogP contribution in [0.25, 0.3) is 0 Å². The van der Waals surface area contributed by atoms with E-state index in [4.69, 9.17) is 0 Å². The summed E-state index contributed by atoms with van der Waals surface area (Å²) >= 11 is 0. The van der Waals surface area contributed by atoms with E-state index in [1.54, 1.807) is 0 Å². The molecule has 16 heavy (non-hydrogen) atoms. The molecule has 0 aromatic carbocycles. The lowest BCUT2D eigenvalue weighted by molar-refractivity contribution is -0.127. The monoisotopic (exact) mass is 227 g/mol. The first-order chi connectivity index (χ1) is 7.63. The highest BCUT2D eigenvalue weighted by Crippen LogP contribution is 2.04. The van der Waals surface area contributed by atoms with Crippen LogP contribution in [0.5, 0.6) is 0 Å². The molecule has 0 bridgehead atoms. The molecule has 1 rings (SSSR count). The molecule has 0 aromatic rings. The van der Waals surface area contributed by atoms with Gasteiger partial charge in [-0.05, 0) is 13.0 Å². The van der Waals surface area contributed by atoms with E-state index in [1.165, 1.54) is 0 Å². The van der Waals surface area contributed by atoms with Gasteiger partial charge in [-0.1, -0.05) is 13.8 Å². The van der Waals surface area contributed by atoms with Gasteiger partial charge in [0.2, 0.25) is 11.8 Å². The zero-order chi connectivity index (χ0) is 12.0. The van der Waals surface area contributed by atoms with Gasteiger partial charge in [-0.2, -0.15) is 0 Å². The molecule has 0 aliphatic carbocycles. The van der Waals surface area contributed by atoms with Gasteiger partial charge in [0.1, 0.15) is 0 Å². The third-order valence-electron chi connectivity index (χ3n) is 2.76. The Morgan fingerprint density at radius 1 is 1.62 bits per heavy atom. The van der Waals surface area contributed by atoms with Gasteiger partial charge in [-0.3, -0.25) is 9.59 Å². The van der Waals surface area contributed by atoms with Crippen LogP contribution in [-0.2, 0) is 9.59 Å². The maximum absolute atomic E-state index is 11.7. The summed E-state index contributed by atoms with van der Waals surface area (Å²) in [5.74, 6) is 0.103. The number of hydrogen-bond acceptors (Lipinski definition) is 3. The lowest BCUT2D eigenvalue weighted by atomic mass is 10.1. The van der Waals surface area contributed by atoms with Gasteiger partial charge in [-0.25, -0.2) is 0 Å². The average molecular weight is 227 g/mol. The Labute approximate surface area is 96.4 Å². The summed E-state index contributed by atoms with van der Waals surface area (Å²) in [4.78, 5) is 22.7. The van der Waals surface area contributed by atoms with Crippen LogP contribution in [0.1, 0.15) is 26.7 Å². The molecular weight excluding hydrogens is 206 g/mol. The number of piperidine rings is 1. The fourth-order valence-electron chi connectivity index (χ4n) is 1.65. The lowest BCUT2D eigenvalue weighted by Gasteiger charge is -2.25. The molecule has 2 unspecified atom stereocenters. The minimum Gasteiger partial charge on any atom is -0.354 e. The Kier molecular flexibility index (Phi) is 5.25. The predicted molar refractivity (Wildman–Crippen MR) is 61.9 cm³/mol. The number of amides is 2. The molecule has 92 valence electrons. The molecule has 5 heteroatoms. The number of rotatable bonds is 5. The van der Waals surface area contributed by atoms with Crippen LogP contribution in [0.15, 0.2) is 0 Å². The van der Waals surface area contributed by atoms with Crippen molar-refractivity contribution in [2.45, 2.75) is 32.7 Å². The van der Waals surface area contributed by atoms with Crippen LogP contribution in [-0.4, -0.2) is 37.5 Å². The quantitative estimate of drug-likeness (QED) is 0.600. The summed E-state index contributed by atoms with van der Waals surface area (Å²) in [7, 11) is 0. The molecule has 0 saturated carbocycles. The van der Waals surface area contributed by atoms with E-state index in [1.807, 2.05) is 13.8 Å². The topological polar surface area (TPSA) is 70.2 Å². The van der Waals surface area contributed by atoms with Gasteiger partial charge < -0.3 is 16.0 Å². The summed E-state index contributed by atoms with van der Waals surface area (Å²) in [6, 6.07) is 0.0919. The standard InChI is InChI=1S/C11H21N3O2/c1-3-12-6-8(2)11(16)14-9-4-5-10(15)13-7-9/h8-9,12H,3-7H2,1-2H3,(H,13,15)(H,14,16). The summed E-state index contributed by atoms with van der Waals surface area (Å²) in [6.45, 7) is 6.04. The van der Waals surface area contributed by atoms with E-state index in [-0.39, 0.29) is 23.8 Å². The van der Waals surface area contributed by atoms with Crippen LogP contribution in [0.2, 0.25) is 0 Å². The molecule has 1 saturated heterocycles. The molecule has 1 aliphatic rings. The number of nitrogens with one attached hydrogen (secondary N) is 3. The van der Waals surface area contributed by atoms with Crippen molar-refractivity contribution in [3.8, 4) is 0 Å². The molecule has 1 heterocycles. The van der Waals surface area contributed by atoms with Crippen LogP contribution < -0.4 is 16.0 Å². The second kappa shape index (κ2) is 6.48. The van der Waals surface area contributed by atoms with Crippen molar-refractivity contribution in [2.24, 2.45) is 5.92 Å². The molecule has 1 fully saturated rings. The number of carbonyl (C=O) groups is 2. The minimum atomic E-state index is -0.0300. The summed E-state index contributed by atoms with van der Waals surface area (Å²) in [5, 5.41) is 8.85. The van der Waals surface area contributed by atoms with Crippen LogP contribution in [0.4, 0.5) is 0 Å². The van der Waals surface area contributed by atoms with Gasteiger partial charge in [0.15, 0.2) is 0 Å². The highest BCUT2D eigenvalue weighted by atomic mass is 16.2. The highest BCUT2D eigenvalue weighted by Gasteiger charge is 2.21. The minimum absolute atomic E-state index is 0.0300. The smallest absolute Gasteiger partial charge is 0.224 e. The number of hydrogen-bond donors (Lipinski definition) is 3. The molecule has 3 N–H and O–H groups in total. The molecule has 2 amide bonds. The van der Waals surface area contributed by atoms with E-state index in [0.29, 0.717) is 19.5 Å². The van der Waals surface area contributed by atoms with Gasteiger partial charge >= 0.3 is 0 Å². The van der Waals surface area contributed by atoms with Crippen LogP contribution in [0.3, 0.4) is 0 Å². The average Bonchev–Trinajstić information content (AvgIpc) is 2.29. The second-order valence-electron chi connectivity index (χ2n) is 4.26. The molecular formula is C11H21N3O2. The van der Waals surface area contributed by atoms with Crippen molar-refractivity contribution in [1.82, 2.24) is 16.0 Å². The van der Waals surface area contributed by atoms with Crippen molar-refractivity contribution in [2.75, 3.05) is 19.6 Å². The van der Waals surface area contributed by atoms with E-state index < -0.39 is 0 Å². The number of carbonyl (C=O) groups excluding carboxylic acids is 2. The Morgan fingerprint density at radius 3 is 2.94 bits per heavy atom. The third kappa shape index (κ3) is 4.18. The summed E-state index contributed by atoms with van der Waals surface area (Å²) in [6.07, 6.45) is 1.25. The molecule has 2 atom stereocenters. The Bertz CT molecular complexity index is 246. The largest absolute Gasteiger partial charge is 0.354 e. The SMILES string of the molecule is CCNCC(C)C(=O)NC1CCC(=O)NC1. The van der Waals surface area contributed by atoms with Crippen molar-refractivity contribution in [1.29, 1.82) is 0 Å². The molecule has 5 nitrogen and oxygen atoms in total. The third-order valence-corrected chi connectivity index (χ3v) is 2.76. The summed E-state index contributed by atoms with van der Waals surface area (Å²) < 4.78 is 0. The van der Waals surface area contributed by atoms with Crippen molar-refractivity contribution < 1.29 is 9.59 Å². The fraction of sp³-hybridized carbons (Fsp3) is 0.818. The van der Waals surface area contributed by atoms with E-state index in [0.717, 1.165) is 13.0 Å². The maximum Gasteiger partial charge on any atom is 0.224 e.